The van der Waals surface area contributed by atoms with E-state index in [1.54, 1.807) is 12.0 Å². The maximum absolute atomic E-state index is 12.6. The number of nitrogens with zero attached hydrogens (tertiary/aromatic N) is 1. The highest BCUT2D eigenvalue weighted by Gasteiger charge is 2.37. The molecular formula is C21H24N2O4. The van der Waals surface area contributed by atoms with Gasteiger partial charge in [-0.25, -0.2) is 0 Å². The van der Waals surface area contributed by atoms with Crippen molar-refractivity contribution >= 4 is 17.5 Å². The van der Waals surface area contributed by atoms with E-state index in [0.29, 0.717) is 37.6 Å². The largest absolute Gasteiger partial charge is 0.493 e. The molecule has 1 saturated heterocycles. The van der Waals surface area contributed by atoms with Crippen molar-refractivity contribution in [2.75, 3.05) is 25.2 Å². The first kappa shape index (κ1) is 18.8. The zero-order chi connectivity index (χ0) is 19.2. The third-order valence-corrected chi connectivity index (χ3v) is 4.58. The van der Waals surface area contributed by atoms with E-state index < -0.39 is 5.92 Å². The average molecular weight is 368 g/mol. The van der Waals surface area contributed by atoms with Crippen LogP contribution in [0.1, 0.15) is 18.9 Å². The van der Waals surface area contributed by atoms with Crippen molar-refractivity contribution in [2.24, 2.45) is 5.92 Å². The van der Waals surface area contributed by atoms with Crippen molar-refractivity contribution in [3.8, 4) is 11.5 Å². The molecule has 2 aromatic carbocycles. The second-order valence-corrected chi connectivity index (χ2v) is 6.30. The summed E-state index contributed by atoms with van der Waals surface area (Å²) >= 11 is 0. The van der Waals surface area contributed by atoms with E-state index in [4.69, 9.17) is 9.47 Å². The average Bonchev–Trinajstić information content (AvgIpc) is 3.08. The minimum atomic E-state index is -0.644. The molecule has 0 aliphatic carbocycles. The van der Waals surface area contributed by atoms with Gasteiger partial charge in [0, 0.05) is 18.8 Å². The van der Waals surface area contributed by atoms with Gasteiger partial charge in [-0.2, -0.15) is 0 Å². The normalized spacial score (nSPS) is 16.3. The van der Waals surface area contributed by atoms with E-state index in [1.165, 1.54) is 0 Å². The lowest BCUT2D eigenvalue weighted by Crippen LogP contribution is -2.36. The molecule has 0 saturated carbocycles. The van der Waals surface area contributed by atoms with Crippen LogP contribution in [0.5, 0.6) is 11.5 Å². The smallest absolute Gasteiger partial charge is 0.239 e. The van der Waals surface area contributed by atoms with Gasteiger partial charge in [-0.3, -0.25) is 9.59 Å². The summed E-state index contributed by atoms with van der Waals surface area (Å²) in [6.07, 6.45) is 0.520. The van der Waals surface area contributed by atoms with E-state index in [1.807, 2.05) is 55.5 Å². The van der Waals surface area contributed by atoms with Crippen LogP contribution in [0.3, 0.4) is 0 Å². The highest BCUT2D eigenvalue weighted by Crippen LogP contribution is 2.28. The van der Waals surface area contributed by atoms with Crippen molar-refractivity contribution in [3.63, 3.8) is 0 Å². The fourth-order valence-corrected chi connectivity index (χ4v) is 3.20. The molecule has 0 spiro atoms. The Morgan fingerprint density at radius 2 is 1.96 bits per heavy atom. The second kappa shape index (κ2) is 8.58. The lowest BCUT2D eigenvalue weighted by atomic mass is 10.1. The Morgan fingerprint density at radius 3 is 2.67 bits per heavy atom. The Kier molecular flexibility index (Phi) is 5.96. The predicted octanol–water partition coefficient (Wildman–Crippen LogP) is 2.76. The van der Waals surface area contributed by atoms with Crippen LogP contribution in [0, 0.1) is 5.92 Å². The van der Waals surface area contributed by atoms with E-state index in [-0.39, 0.29) is 11.8 Å². The van der Waals surface area contributed by atoms with Gasteiger partial charge in [0.25, 0.3) is 0 Å². The number of carbonyl (C=O) groups excluding carboxylic acids is 2. The predicted molar refractivity (Wildman–Crippen MR) is 103 cm³/mol. The van der Waals surface area contributed by atoms with Gasteiger partial charge in [0.1, 0.15) is 5.92 Å². The molecule has 1 aliphatic heterocycles. The number of rotatable bonds is 7. The highest BCUT2D eigenvalue weighted by atomic mass is 16.5. The van der Waals surface area contributed by atoms with Crippen LogP contribution in [0.2, 0.25) is 0 Å². The molecule has 1 heterocycles. The van der Waals surface area contributed by atoms with Crippen molar-refractivity contribution in [1.82, 2.24) is 5.32 Å². The quantitative estimate of drug-likeness (QED) is 0.763. The Morgan fingerprint density at radius 1 is 1.19 bits per heavy atom. The summed E-state index contributed by atoms with van der Waals surface area (Å²) in [5.74, 6) is 0.251. The van der Waals surface area contributed by atoms with Crippen molar-refractivity contribution in [1.29, 1.82) is 0 Å². The number of methoxy groups -OCH3 is 1. The minimum Gasteiger partial charge on any atom is -0.493 e. The van der Waals surface area contributed by atoms with Gasteiger partial charge in [0.2, 0.25) is 11.8 Å². The van der Waals surface area contributed by atoms with E-state index in [9.17, 15) is 9.59 Å². The Hall–Kier alpha value is -3.02. The molecular weight excluding hydrogens is 344 g/mol. The summed E-state index contributed by atoms with van der Waals surface area (Å²) in [6.45, 7) is 3.31. The number of para-hydroxylation sites is 1. The van der Waals surface area contributed by atoms with Gasteiger partial charge in [-0.1, -0.05) is 24.3 Å². The first-order valence-corrected chi connectivity index (χ1v) is 9.08. The van der Waals surface area contributed by atoms with Crippen LogP contribution in [-0.2, 0) is 16.1 Å². The Balaban J connectivity index is 1.61. The van der Waals surface area contributed by atoms with Crippen molar-refractivity contribution in [3.05, 3.63) is 54.1 Å². The van der Waals surface area contributed by atoms with E-state index >= 15 is 0 Å². The summed E-state index contributed by atoms with van der Waals surface area (Å²) < 4.78 is 10.8. The molecule has 3 rings (SSSR count). The molecule has 1 atom stereocenters. The summed E-state index contributed by atoms with van der Waals surface area (Å²) in [4.78, 5) is 26.8. The monoisotopic (exact) mass is 368 g/mol. The maximum Gasteiger partial charge on any atom is 0.239 e. The number of benzene rings is 2. The van der Waals surface area contributed by atoms with Gasteiger partial charge >= 0.3 is 0 Å². The zero-order valence-electron chi connectivity index (χ0n) is 15.6. The van der Waals surface area contributed by atoms with Gasteiger partial charge in [0.05, 0.1) is 13.7 Å². The number of nitrogens with one attached hydrogen (secondary N) is 1. The highest BCUT2D eigenvalue weighted by molar-refractivity contribution is 6.09. The third kappa shape index (κ3) is 4.22. The fraction of sp³-hybridized carbons (Fsp3) is 0.333. The lowest BCUT2D eigenvalue weighted by Gasteiger charge is -2.16. The SMILES string of the molecule is CCOc1cc(CNC(=O)[C@H]2CCN(c3ccccc3)C2=O)ccc1OC. The summed E-state index contributed by atoms with van der Waals surface area (Å²) in [5.41, 5.74) is 1.72. The van der Waals surface area contributed by atoms with Gasteiger partial charge < -0.3 is 19.7 Å². The number of anilines is 1. The number of carbonyl (C=O) groups is 2. The second-order valence-electron chi connectivity index (χ2n) is 6.30. The molecule has 1 fully saturated rings. The van der Waals surface area contributed by atoms with Crippen LogP contribution in [-0.4, -0.2) is 32.1 Å². The molecule has 1 aliphatic rings. The standard InChI is InChI=1S/C21H24N2O4/c1-3-27-19-13-15(9-10-18(19)26-2)14-22-20(24)17-11-12-23(21(17)25)16-7-5-4-6-8-16/h4-10,13,17H,3,11-12,14H2,1-2H3,(H,22,24)/t17-/m1/s1. The Bertz CT molecular complexity index is 807. The van der Waals surface area contributed by atoms with Crippen LogP contribution < -0.4 is 19.7 Å². The molecule has 0 bridgehead atoms. The first-order valence-electron chi connectivity index (χ1n) is 9.08. The maximum atomic E-state index is 12.6. The molecule has 1 N–H and O–H groups in total. The molecule has 6 heteroatoms. The summed E-state index contributed by atoms with van der Waals surface area (Å²) in [5, 5.41) is 2.87. The number of ether oxygens (including phenoxy) is 2. The number of hydrogen-bond donors (Lipinski definition) is 1. The van der Waals surface area contributed by atoms with Gasteiger partial charge in [-0.15, -0.1) is 0 Å². The van der Waals surface area contributed by atoms with Crippen molar-refractivity contribution in [2.45, 2.75) is 19.9 Å². The molecule has 6 nitrogen and oxygen atoms in total. The lowest BCUT2D eigenvalue weighted by molar-refractivity contribution is -0.132. The Labute approximate surface area is 159 Å². The molecule has 27 heavy (non-hydrogen) atoms. The van der Waals surface area contributed by atoms with Crippen molar-refractivity contribution < 1.29 is 19.1 Å². The van der Waals surface area contributed by atoms with E-state index in [0.717, 1.165) is 11.3 Å². The molecule has 0 unspecified atom stereocenters. The van der Waals surface area contributed by atoms with Gasteiger partial charge in [-0.05, 0) is 43.2 Å². The van der Waals surface area contributed by atoms with Gasteiger partial charge in [0.15, 0.2) is 11.5 Å². The molecule has 0 radical (unpaired) electrons. The summed E-state index contributed by atoms with van der Waals surface area (Å²) in [6, 6.07) is 15.0. The van der Waals surface area contributed by atoms with E-state index in [2.05, 4.69) is 5.32 Å². The topological polar surface area (TPSA) is 67.9 Å². The number of amides is 2. The molecule has 2 aromatic rings. The van der Waals surface area contributed by atoms with Crippen LogP contribution in [0.25, 0.3) is 0 Å². The molecule has 142 valence electrons. The van der Waals surface area contributed by atoms with Crippen LogP contribution >= 0.6 is 0 Å². The number of hydrogen-bond acceptors (Lipinski definition) is 4. The zero-order valence-corrected chi connectivity index (χ0v) is 15.6. The van der Waals surface area contributed by atoms with Crippen LogP contribution in [0.15, 0.2) is 48.5 Å². The molecule has 2 amide bonds. The third-order valence-electron chi connectivity index (χ3n) is 4.58. The molecule has 0 aromatic heterocycles. The fourth-order valence-electron chi connectivity index (χ4n) is 3.20. The summed E-state index contributed by atoms with van der Waals surface area (Å²) in [7, 11) is 1.59. The van der Waals surface area contributed by atoms with Crippen LogP contribution in [0.4, 0.5) is 5.69 Å². The first-order chi connectivity index (χ1) is 13.1. The minimum absolute atomic E-state index is 0.150.